The van der Waals surface area contributed by atoms with Crippen molar-refractivity contribution in [3.63, 3.8) is 0 Å². The highest BCUT2D eigenvalue weighted by Gasteiger charge is 2.25. The fraction of sp³-hybridized carbons (Fsp3) is 0.632. The van der Waals surface area contributed by atoms with Crippen LogP contribution in [0, 0.1) is 0 Å². The quantitative estimate of drug-likeness (QED) is 0.553. The van der Waals surface area contributed by atoms with Gasteiger partial charge in [-0.05, 0) is 26.0 Å². The number of carbonyl (C=O) groups excluding carboxylic acids is 1. The Balaban J connectivity index is 2.18. The van der Waals surface area contributed by atoms with Gasteiger partial charge >= 0.3 is 0 Å². The van der Waals surface area contributed by atoms with Gasteiger partial charge in [0.25, 0.3) is 5.91 Å². The Bertz CT molecular complexity index is 793. The molecule has 1 N–H and O–H groups in total. The van der Waals surface area contributed by atoms with Crippen molar-refractivity contribution < 1.29 is 27.4 Å². The third kappa shape index (κ3) is 6.22. The lowest BCUT2D eigenvalue weighted by atomic mass is 10.1. The second-order valence-electron chi connectivity index (χ2n) is 6.72. The van der Waals surface area contributed by atoms with Crippen LogP contribution in [0.2, 0.25) is 0 Å². The number of benzene rings is 1. The first-order valence-electron chi connectivity index (χ1n) is 9.63. The van der Waals surface area contributed by atoms with Gasteiger partial charge in [0.15, 0.2) is 11.5 Å². The Labute approximate surface area is 173 Å². The molecule has 0 atom stereocenters. The van der Waals surface area contributed by atoms with E-state index in [0.717, 1.165) is 45.5 Å². The summed E-state index contributed by atoms with van der Waals surface area (Å²) < 4.78 is 41.6. The molecule has 29 heavy (non-hydrogen) atoms. The zero-order chi connectivity index (χ0) is 21.4. The van der Waals surface area contributed by atoms with E-state index in [1.54, 1.807) is 6.92 Å². The Morgan fingerprint density at radius 1 is 1.21 bits per heavy atom. The molecule has 9 nitrogen and oxygen atoms in total. The first-order valence-corrected chi connectivity index (χ1v) is 11.5. The smallest absolute Gasteiger partial charge is 0.253 e. The van der Waals surface area contributed by atoms with Crippen molar-refractivity contribution in [2.45, 2.75) is 13.3 Å². The minimum absolute atomic E-state index is 0.186. The van der Waals surface area contributed by atoms with E-state index >= 15 is 0 Å². The molecule has 1 amide bonds. The summed E-state index contributed by atoms with van der Waals surface area (Å²) in [5, 5.41) is 2.88. The van der Waals surface area contributed by atoms with Gasteiger partial charge in [-0.25, -0.2) is 8.42 Å². The number of carbonyl (C=O) groups is 1. The number of methoxy groups -OCH3 is 2. The highest BCUT2D eigenvalue weighted by molar-refractivity contribution is 7.92. The molecule has 0 radical (unpaired) electrons. The van der Waals surface area contributed by atoms with Crippen LogP contribution in [0.1, 0.15) is 23.7 Å². The molecular weight excluding hydrogens is 398 g/mol. The average Bonchev–Trinajstić information content (AvgIpc) is 2.70. The average molecular weight is 430 g/mol. The number of amides is 1. The van der Waals surface area contributed by atoms with Crippen LogP contribution in [-0.2, 0) is 14.8 Å². The van der Waals surface area contributed by atoms with Gasteiger partial charge in [-0.15, -0.1) is 0 Å². The molecule has 1 saturated heterocycles. The molecule has 1 aliphatic rings. The predicted octanol–water partition coefficient (Wildman–Crippen LogP) is 0.942. The van der Waals surface area contributed by atoms with Gasteiger partial charge in [0.05, 0.1) is 44.9 Å². The fourth-order valence-corrected chi connectivity index (χ4v) is 4.24. The van der Waals surface area contributed by atoms with Gasteiger partial charge in [0.1, 0.15) is 0 Å². The summed E-state index contributed by atoms with van der Waals surface area (Å²) in [7, 11) is -0.640. The number of rotatable bonds is 10. The van der Waals surface area contributed by atoms with Gasteiger partial charge in [-0.2, -0.15) is 0 Å². The lowest BCUT2D eigenvalue weighted by Gasteiger charge is -2.26. The minimum Gasteiger partial charge on any atom is -0.493 e. The molecule has 2 rings (SSSR count). The van der Waals surface area contributed by atoms with Crippen LogP contribution >= 0.6 is 0 Å². The summed E-state index contributed by atoms with van der Waals surface area (Å²) in [6.07, 6.45) is 1.90. The number of hydrogen-bond donors (Lipinski definition) is 1. The largest absolute Gasteiger partial charge is 0.493 e. The predicted molar refractivity (Wildman–Crippen MR) is 112 cm³/mol. The van der Waals surface area contributed by atoms with E-state index in [-0.39, 0.29) is 23.7 Å². The first-order chi connectivity index (χ1) is 13.8. The van der Waals surface area contributed by atoms with Crippen LogP contribution in [0.4, 0.5) is 5.69 Å². The van der Waals surface area contributed by atoms with E-state index < -0.39 is 10.0 Å². The molecule has 0 aliphatic carbocycles. The fourth-order valence-electron chi connectivity index (χ4n) is 3.26. The van der Waals surface area contributed by atoms with Gasteiger partial charge < -0.3 is 19.5 Å². The van der Waals surface area contributed by atoms with Gasteiger partial charge in [0, 0.05) is 32.2 Å². The van der Waals surface area contributed by atoms with Crippen molar-refractivity contribution in [3.8, 4) is 11.5 Å². The van der Waals surface area contributed by atoms with Gasteiger partial charge in [0.2, 0.25) is 10.0 Å². The van der Waals surface area contributed by atoms with E-state index in [2.05, 4.69) is 10.2 Å². The molecule has 1 heterocycles. The number of morpholine rings is 1. The number of nitrogens with zero attached hydrogens (tertiary/aromatic N) is 2. The molecule has 10 heteroatoms. The summed E-state index contributed by atoms with van der Waals surface area (Å²) in [6.45, 7) is 6.51. The summed E-state index contributed by atoms with van der Waals surface area (Å²) in [5.74, 6) is 0.359. The highest BCUT2D eigenvalue weighted by atomic mass is 32.2. The zero-order valence-corrected chi connectivity index (χ0v) is 18.4. The zero-order valence-electron chi connectivity index (χ0n) is 17.6. The molecule has 0 bridgehead atoms. The SMILES string of the molecule is CCN(c1cc(OC)c(OC)cc1C(=O)NCCCN1CCOCC1)S(C)(=O)=O. The van der Waals surface area contributed by atoms with Crippen LogP contribution in [0.5, 0.6) is 11.5 Å². The van der Waals surface area contributed by atoms with E-state index in [1.165, 1.54) is 30.7 Å². The molecule has 0 spiro atoms. The van der Waals surface area contributed by atoms with Crippen LogP contribution < -0.4 is 19.1 Å². The molecule has 164 valence electrons. The van der Waals surface area contributed by atoms with E-state index in [1.807, 2.05) is 0 Å². The van der Waals surface area contributed by atoms with Crippen molar-refractivity contribution in [2.24, 2.45) is 0 Å². The van der Waals surface area contributed by atoms with Crippen molar-refractivity contribution in [2.75, 3.05) is 70.7 Å². The maximum atomic E-state index is 12.9. The van der Waals surface area contributed by atoms with Crippen LogP contribution in [0.15, 0.2) is 12.1 Å². The maximum Gasteiger partial charge on any atom is 0.253 e. The lowest BCUT2D eigenvalue weighted by Crippen LogP contribution is -2.38. The van der Waals surface area contributed by atoms with Gasteiger partial charge in [-0.3, -0.25) is 14.0 Å². The molecular formula is C19H31N3O6S. The Hall–Kier alpha value is -2.04. The Morgan fingerprint density at radius 3 is 2.38 bits per heavy atom. The molecule has 0 saturated carbocycles. The highest BCUT2D eigenvalue weighted by Crippen LogP contribution is 2.36. The minimum atomic E-state index is -3.57. The number of nitrogens with one attached hydrogen (secondary N) is 1. The van der Waals surface area contributed by atoms with E-state index in [9.17, 15) is 13.2 Å². The summed E-state index contributed by atoms with van der Waals surface area (Å²) in [4.78, 5) is 15.2. The van der Waals surface area contributed by atoms with Crippen LogP contribution in [0.25, 0.3) is 0 Å². The summed E-state index contributed by atoms with van der Waals surface area (Å²) in [5.41, 5.74) is 0.486. The first kappa shape index (κ1) is 23.2. The molecule has 1 aromatic rings. The molecule has 0 aromatic heterocycles. The number of sulfonamides is 1. The van der Waals surface area contributed by atoms with E-state index in [4.69, 9.17) is 14.2 Å². The number of anilines is 1. The topological polar surface area (TPSA) is 97.4 Å². The van der Waals surface area contributed by atoms with Crippen molar-refractivity contribution >= 4 is 21.6 Å². The molecule has 0 unspecified atom stereocenters. The second kappa shape index (κ2) is 10.7. The van der Waals surface area contributed by atoms with Gasteiger partial charge in [-0.1, -0.05) is 0 Å². The number of ether oxygens (including phenoxy) is 3. The van der Waals surface area contributed by atoms with Crippen molar-refractivity contribution in [1.82, 2.24) is 10.2 Å². The van der Waals surface area contributed by atoms with Crippen LogP contribution in [0.3, 0.4) is 0 Å². The second-order valence-corrected chi connectivity index (χ2v) is 8.62. The van der Waals surface area contributed by atoms with Crippen molar-refractivity contribution in [3.05, 3.63) is 17.7 Å². The van der Waals surface area contributed by atoms with E-state index in [0.29, 0.717) is 18.0 Å². The summed E-state index contributed by atoms with van der Waals surface area (Å²) >= 11 is 0. The Kier molecular flexibility index (Phi) is 8.54. The molecule has 1 aliphatic heterocycles. The summed E-state index contributed by atoms with van der Waals surface area (Å²) in [6, 6.07) is 3.03. The normalized spacial score (nSPS) is 15.0. The third-order valence-corrected chi connectivity index (χ3v) is 6.00. The van der Waals surface area contributed by atoms with Crippen LogP contribution in [-0.4, -0.2) is 85.6 Å². The molecule has 1 fully saturated rings. The maximum absolute atomic E-state index is 12.9. The monoisotopic (exact) mass is 429 g/mol. The number of hydrogen-bond acceptors (Lipinski definition) is 7. The third-order valence-electron chi connectivity index (χ3n) is 4.74. The lowest BCUT2D eigenvalue weighted by molar-refractivity contribution is 0.0374. The van der Waals surface area contributed by atoms with Crippen molar-refractivity contribution in [1.29, 1.82) is 0 Å². The Morgan fingerprint density at radius 2 is 1.83 bits per heavy atom. The standard InChI is InChI=1S/C19H31N3O6S/c1-5-22(29(4,24)25)16-14-18(27-3)17(26-2)13-15(16)19(23)20-7-6-8-21-9-11-28-12-10-21/h13-14H,5-12H2,1-4H3,(H,20,23). The molecule has 1 aromatic carbocycles.